The first-order chi connectivity index (χ1) is 16.3. The Hall–Kier alpha value is -3.98. The van der Waals surface area contributed by atoms with Crippen LogP contribution in [0.4, 0.5) is 0 Å². The monoisotopic (exact) mass is 478 g/mol. The molecule has 2 aromatic carbocycles. The van der Waals surface area contributed by atoms with E-state index in [2.05, 4.69) is 4.99 Å². The highest BCUT2D eigenvalue weighted by Gasteiger charge is 2.32. The van der Waals surface area contributed by atoms with Crippen molar-refractivity contribution in [2.75, 3.05) is 14.2 Å². The number of rotatable bonds is 5. The van der Waals surface area contributed by atoms with Crippen LogP contribution in [0.5, 0.6) is 11.5 Å². The molecule has 0 unspecified atom stereocenters. The largest absolute Gasteiger partial charge is 0.493 e. The van der Waals surface area contributed by atoms with Crippen LogP contribution >= 0.6 is 11.3 Å². The van der Waals surface area contributed by atoms with Gasteiger partial charge in [-0.05, 0) is 36.3 Å². The summed E-state index contributed by atoms with van der Waals surface area (Å²) in [5.74, 6) is -0.342. The molecule has 0 N–H and O–H groups in total. The summed E-state index contributed by atoms with van der Waals surface area (Å²) >= 11 is 1.22. The van der Waals surface area contributed by atoms with E-state index in [0.717, 1.165) is 5.56 Å². The lowest BCUT2D eigenvalue weighted by Gasteiger charge is -2.24. The van der Waals surface area contributed by atoms with Crippen LogP contribution in [0.1, 0.15) is 31.0 Å². The van der Waals surface area contributed by atoms with Crippen molar-refractivity contribution in [2.45, 2.75) is 19.9 Å². The fourth-order valence-corrected chi connectivity index (χ4v) is 4.85. The van der Waals surface area contributed by atoms with Gasteiger partial charge in [0.25, 0.3) is 5.56 Å². The Bertz CT molecular complexity index is 1480. The van der Waals surface area contributed by atoms with E-state index in [4.69, 9.17) is 14.2 Å². The highest BCUT2D eigenvalue weighted by atomic mass is 32.1. The second-order valence-corrected chi connectivity index (χ2v) is 8.50. The third-order valence-corrected chi connectivity index (χ3v) is 6.26. The summed E-state index contributed by atoms with van der Waals surface area (Å²) in [6.45, 7) is 3.04. The van der Waals surface area contributed by atoms with Crippen LogP contribution < -0.4 is 24.4 Å². The molecule has 0 saturated carbocycles. The van der Waals surface area contributed by atoms with Crippen LogP contribution in [0.25, 0.3) is 6.08 Å². The average Bonchev–Trinajstić information content (AvgIpc) is 3.13. The molecule has 0 bridgehead atoms. The van der Waals surface area contributed by atoms with Gasteiger partial charge >= 0.3 is 11.9 Å². The zero-order valence-corrected chi connectivity index (χ0v) is 19.8. The molecule has 1 aliphatic heterocycles. The van der Waals surface area contributed by atoms with Gasteiger partial charge in [0.1, 0.15) is 0 Å². The summed E-state index contributed by atoms with van der Waals surface area (Å²) in [5.41, 5.74) is 1.99. The van der Waals surface area contributed by atoms with Crippen molar-refractivity contribution >= 4 is 29.4 Å². The van der Waals surface area contributed by atoms with E-state index in [1.54, 1.807) is 31.2 Å². The van der Waals surface area contributed by atoms with Gasteiger partial charge in [0.15, 0.2) is 16.3 Å². The number of fused-ring (bicyclic) bond motifs is 1. The average molecular weight is 479 g/mol. The van der Waals surface area contributed by atoms with Crippen LogP contribution in [-0.2, 0) is 14.3 Å². The molecule has 174 valence electrons. The second-order valence-electron chi connectivity index (χ2n) is 7.49. The number of aromatic nitrogens is 1. The van der Waals surface area contributed by atoms with Gasteiger partial charge in [0.05, 0.1) is 36.1 Å². The lowest BCUT2D eigenvalue weighted by molar-refractivity contribution is -0.136. The van der Waals surface area contributed by atoms with Gasteiger partial charge < -0.3 is 14.2 Å². The lowest BCUT2D eigenvalue weighted by atomic mass is 9.96. The third-order valence-electron chi connectivity index (χ3n) is 5.28. The Kier molecular flexibility index (Phi) is 6.47. The number of thiazole rings is 1. The number of methoxy groups -OCH3 is 2. The Labute approximate surface area is 199 Å². The van der Waals surface area contributed by atoms with E-state index < -0.39 is 18.0 Å². The van der Waals surface area contributed by atoms with Crippen molar-refractivity contribution in [2.24, 2.45) is 4.99 Å². The molecular weight excluding hydrogens is 456 g/mol. The van der Waals surface area contributed by atoms with Crippen LogP contribution in [0, 0.1) is 0 Å². The Morgan fingerprint density at radius 1 is 1.09 bits per heavy atom. The first-order valence-electron chi connectivity index (χ1n) is 10.4. The maximum atomic E-state index is 13.5. The quantitative estimate of drug-likeness (QED) is 0.413. The summed E-state index contributed by atoms with van der Waals surface area (Å²) < 4.78 is 17.4. The first kappa shape index (κ1) is 23.2. The number of hydrogen-bond donors (Lipinski definition) is 0. The number of carbonyl (C=O) groups excluding carboxylic acids is 2. The zero-order valence-electron chi connectivity index (χ0n) is 19.0. The Morgan fingerprint density at radius 3 is 2.47 bits per heavy atom. The smallest absolute Gasteiger partial charge is 0.338 e. The molecule has 0 aliphatic carbocycles. The minimum atomic E-state index is -0.659. The third kappa shape index (κ3) is 4.29. The van der Waals surface area contributed by atoms with Gasteiger partial charge in [-0.1, -0.05) is 47.7 Å². The standard InChI is InChI=1S/C25H22N2O6S/c1-14-21(24(30)32-4)22(17-8-6-5-7-9-17)27-23(29)20(34-25(27)26-14)13-16-10-11-18(33-15(2)28)19(12-16)31-3/h5-13,22H,1-4H3/b20-13+/t22-/m1/s1. The number of nitrogens with zero attached hydrogens (tertiary/aromatic N) is 2. The summed E-state index contributed by atoms with van der Waals surface area (Å²) in [6.07, 6.45) is 1.71. The summed E-state index contributed by atoms with van der Waals surface area (Å²) in [5, 5.41) is 0. The zero-order chi connectivity index (χ0) is 24.4. The van der Waals surface area contributed by atoms with Gasteiger partial charge in [-0.2, -0.15) is 0 Å². The predicted octanol–water partition coefficient (Wildman–Crippen LogP) is 2.34. The number of allylic oxidation sites excluding steroid dienone is 1. The van der Waals surface area contributed by atoms with E-state index >= 15 is 0 Å². The normalized spacial score (nSPS) is 15.4. The molecule has 1 aliphatic rings. The fraction of sp³-hybridized carbons (Fsp3) is 0.200. The molecule has 4 rings (SSSR count). The van der Waals surface area contributed by atoms with Gasteiger partial charge in [0, 0.05) is 6.92 Å². The topological polar surface area (TPSA) is 96.2 Å². The molecule has 1 aromatic heterocycles. The van der Waals surface area contributed by atoms with Gasteiger partial charge in [-0.3, -0.25) is 14.2 Å². The number of carbonyl (C=O) groups is 2. The van der Waals surface area contributed by atoms with Gasteiger partial charge in [-0.25, -0.2) is 9.79 Å². The highest BCUT2D eigenvalue weighted by Crippen LogP contribution is 2.31. The fourth-order valence-electron chi connectivity index (χ4n) is 3.81. The van der Waals surface area contributed by atoms with Crippen molar-refractivity contribution in [3.05, 3.63) is 90.6 Å². The maximum Gasteiger partial charge on any atom is 0.338 e. The second kappa shape index (κ2) is 9.48. The molecule has 0 amide bonds. The molecular formula is C25H22N2O6S. The molecule has 3 aromatic rings. The van der Waals surface area contributed by atoms with E-state index in [-0.39, 0.29) is 11.3 Å². The highest BCUT2D eigenvalue weighted by molar-refractivity contribution is 7.07. The molecule has 0 saturated heterocycles. The predicted molar refractivity (Wildman–Crippen MR) is 127 cm³/mol. The van der Waals surface area contributed by atoms with Crippen molar-refractivity contribution in [3.63, 3.8) is 0 Å². The van der Waals surface area contributed by atoms with Crippen molar-refractivity contribution in [1.29, 1.82) is 0 Å². The summed E-state index contributed by atoms with van der Waals surface area (Å²) in [4.78, 5) is 42.5. The van der Waals surface area contributed by atoms with Crippen molar-refractivity contribution < 1.29 is 23.8 Å². The van der Waals surface area contributed by atoms with E-state index in [9.17, 15) is 14.4 Å². The summed E-state index contributed by atoms with van der Waals surface area (Å²) in [7, 11) is 2.78. The number of esters is 2. The molecule has 2 heterocycles. The molecule has 34 heavy (non-hydrogen) atoms. The van der Waals surface area contributed by atoms with Crippen LogP contribution in [0.3, 0.4) is 0 Å². The first-order valence-corrected chi connectivity index (χ1v) is 11.2. The maximum absolute atomic E-state index is 13.5. The van der Waals surface area contributed by atoms with Gasteiger partial charge in [-0.15, -0.1) is 0 Å². The minimum absolute atomic E-state index is 0.283. The van der Waals surface area contributed by atoms with Crippen LogP contribution in [0.15, 0.2) is 69.6 Å². The molecule has 9 heteroatoms. The van der Waals surface area contributed by atoms with Gasteiger partial charge in [0.2, 0.25) is 0 Å². The molecule has 1 atom stereocenters. The van der Waals surface area contributed by atoms with E-state index in [1.165, 1.54) is 37.0 Å². The van der Waals surface area contributed by atoms with E-state index in [1.807, 2.05) is 30.3 Å². The molecule has 0 spiro atoms. The Balaban J connectivity index is 1.89. The lowest BCUT2D eigenvalue weighted by Crippen LogP contribution is -2.39. The number of ether oxygens (including phenoxy) is 3. The molecule has 0 radical (unpaired) electrons. The summed E-state index contributed by atoms with van der Waals surface area (Å²) in [6, 6.07) is 13.6. The van der Waals surface area contributed by atoms with Crippen LogP contribution in [-0.4, -0.2) is 30.7 Å². The van der Waals surface area contributed by atoms with Crippen LogP contribution in [0.2, 0.25) is 0 Å². The SMILES string of the molecule is COC(=O)C1=C(C)N=c2s/c(=C/c3ccc(OC(C)=O)c(OC)c3)c(=O)n2[C@@H]1c1ccccc1. The van der Waals surface area contributed by atoms with Crippen molar-refractivity contribution in [3.8, 4) is 11.5 Å². The van der Waals surface area contributed by atoms with E-state index in [0.29, 0.717) is 31.9 Å². The molecule has 0 fully saturated rings. The minimum Gasteiger partial charge on any atom is -0.493 e. The van der Waals surface area contributed by atoms with Crippen molar-refractivity contribution in [1.82, 2.24) is 4.57 Å². The number of hydrogen-bond acceptors (Lipinski definition) is 8. The molecule has 8 nitrogen and oxygen atoms in total. The Morgan fingerprint density at radius 2 is 1.82 bits per heavy atom. The number of benzene rings is 2.